The van der Waals surface area contributed by atoms with E-state index in [1.807, 2.05) is 18.2 Å². The van der Waals surface area contributed by atoms with Crippen molar-refractivity contribution in [1.82, 2.24) is 10.2 Å². The molecule has 4 heteroatoms. The monoisotopic (exact) mass is 244 g/mol. The normalized spacial score (nSPS) is 19.4. The van der Waals surface area contributed by atoms with Crippen LogP contribution < -0.4 is 5.32 Å². The van der Waals surface area contributed by atoms with Crippen LogP contribution in [0.25, 0.3) is 0 Å². The minimum absolute atomic E-state index is 0.0328. The fourth-order valence-corrected chi connectivity index (χ4v) is 2.08. The lowest BCUT2D eigenvalue weighted by Gasteiger charge is -2.31. The number of piperidine rings is 1. The summed E-state index contributed by atoms with van der Waals surface area (Å²) in [5.74, 6) is -0.0496. The predicted octanol–water partition coefficient (Wildman–Crippen LogP) is 1.20. The van der Waals surface area contributed by atoms with Crippen LogP contribution in [0.3, 0.4) is 0 Å². The molecule has 0 radical (unpaired) electrons. The first-order valence-electron chi connectivity index (χ1n) is 5.96. The largest absolute Gasteiger partial charge is 0.382 e. The molecule has 18 heavy (non-hydrogen) atoms. The Balaban J connectivity index is 2.02. The first kappa shape index (κ1) is 12.4. The van der Waals surface area contributed by atoms with Crippen LogP contribution >= 0.6 is 0 Å². The SMILES string of the molecule is C=CNC1CCN(C(=O)c2ccccc2)CC1=O. The van der Waals surface area contributed by atoms with E-state index >= 15 is 0 Å². The number of hydrogen-bond acceptors (Lipinski definition) is 3. The van der Waals surface area contributed by atoms with Crippen LogP contribution in [0.4, 0.5) is 0 Å². The highest BCUT2D eigenvalue weighted by Crippen LogP contribution is 2.11. The number of hydrogen-bond donors (Lipinski definition) is 1. The second-order valence-electron chi connectivity index (χ2n) is 4.27. The number of benzene rings is 1. The molecule has 1 saturated heterocycles. The number of likely N-dealkylation sites (tertiary alicyclic amines) is 1. The third-order valence-corrected chi connectivity index (χ3v) is 3.05. The van der Waals surface area contributed by atoms with Crippen molar-refractivity contribution in [3.05, 3.63) is 48.7 Å². The molecular formula is C14H16N2O2. The summed E-state index contributed by atoms with van der Waals surface area (Å²) in [7, 11) is 0. The molecule has 1 aliphatic rings. The van der Waals surface area contributed by atoms with Crippen LogP contribution in [0.1, 0.15) is 16.8 Å². The molecule has 1 N–H and O–H groups in total. The molecule has 2 rings (SSSR count). The lowest BCUT2D eigenvalue weighted by atomic mass is 10.0. The van der Waals surface area contributed by atoms with Crippen molar-refractivity contribution in [3.8, 4) is 0 Å². The molecule has 0 spiro atoms. The molecule has 4 nitrogen and oxygen atoms in total. The van der Waals surface area contributed by atoms with Gasteiger partial charge in [-0.1, -0.05) is 24.8 Å². The zero-order valence-electron chi connectivity index (χ0n) is 10.1. The standard InChI is InChI=1S/C14H16N2O2/c1-2-15-12-8-9-16(10-13(12)17)14(18)11-6-4-3-5-7-11/h2-7,12,15H,1,8-10H2. The van der Waals surface area contributed by atoms with Gasteiger partial charge in [-0.25, -0.2) is 0 Å². The van der Waals surface area contributed by atoms with Gasteiger partial charge >= 0.3 is 0 Å². The highest BCUT2D eigenvalue weighted by Gasteiger charge is 2.29. The second kappa shape index (κ2) is 5.49. The fraction of sp³-hybridized carbons (Fsp3) is 0.286. The Morgan fingerprint density at radius 2 is 2.11 bits per heavy atom. The van der Waals surface area contributed by atoms with Crippen LogP contribution in [0.5, 0.6) is 0 Å². The van der Waals surface area contributed by atoms with Gasteiger partial charge in [0.15, 0.2) is 5.78 Å². The Labute approximate surface area is 106 Å². The van der Waals surface area contributed by atoms with Crippen molar-refractivity contribution in [2.75, 3.05) is 13.1 Å². The van der Waals surface area contributed by atoms with Gasteiger partial charge in [-0.05, 0) is 24.8 Å². The van der Waals surface area contributed by atoms with E-state index < -0.39 is 0 Å². The molecule has 1 aromatic rings. The van der Waals surface area contributed by atoms with Gasteiger partial charge in [0.05, 0.1) is 12.6 Å². The van der Waals surface area contributed by atoms with Gasteiger partial charge in [-0.3, -0.25) is 9.59 Å². The van der Waals surface area contributed by atoms with Gasteiger partial charge in [-0.2, -0.15) is 0 Å². The van der Waals surface area contributed by atoms with Crippen molar-refractivity contribution in [1.29, 1.82) is 0 Å². The third-order valence-electron chi connectivity index (χ3n) is 3.05. The van der Waals surface area contributed by atoms with Gasteiger partial charge in [0, 0.05) is 12.1 Å². The summed E-state index contributed by atoms with van der Waals surface area (Å²) < 4.78 is 0. The summed E-state index contributed by atoms with van der Waals surface area (Å²) in [4.78, 5) is 25.6. The molecule has 1 unspecified atom stereocenters. The summed E-state index contributed by atoms with van der Waals surface area (Å²) in [6.07, 6.45) is 2.15. The molecule has 1 amide bonds. The lowest BCUT2D eigenvalue weighted by molar-refractivity contribution is -0.123. The van der Waals surface area contributed by atoms with E-state index in [4.69, 9.17) is 0 Å². The number of rotatable bonds is 3. The predicted molar refractivity (Wildman–Crippen MR) is 69.1 cm³/mol. The molecule has 0 bridgehead atoms. The number of carbonyl (C=O) groups is 2. The third kappa shape index (κ3) is 2.59. The quantitative estimate of drug-likeness (QED) is 0.869. The zero-order valence-corrected chi connectivity index (χ0v) is 10.1. The van der Waals surface area contributed by atoms with Crippen LogP contribution in [0.15, 0.2) is 43.1 Å². The molecule has 1 fully saturated rings. The van der Waals surface area contributed by atoms with Gasteiger partial charge < -0.3 is 10.2 Å². The Kier molecular flexibility index (Phi) is 3.77. The molecule has 1 atom stereocenters. The van der Waals surface area contributed by atoms with Crippen molar-refractivity contribution in [3.63, 3.8) is 0 Å². The topological polar surface area (TPSA) is 49.4 Å². The number of ketones is 1. The van der Waals surface area contributed by atoms with Crippen molar-refractivity contribution in [2.24, 2.45) is 0 Å². The molecule has 1 aromatic carbocycles. The van der Waals surface area contributed by atoms with E-state index in [9.17, 15) is 9.59 Å². The van der Waals surface area contributed by atoms with Gasteiger partial charge in [-0.15, -0.1) is 0 Å². The van der Waals surface area contributed by atoms with E-state index in [-0.39, 0.29) is 24.3 Å². The summed E-state index contributed by atoms with van der Waals surface area (Å²) in [5.41, 5.74) is 0.625. The van der Waals surface area contributed by atoms with Crippen molar-refractivity contribution in [2.45, 2.75) is 12.5 Å². The van der Waals surface area contributed by atoms with Crippen molar-refractivity contribution >= 4 is 11.7 Å². The van der Waals surface area contributed by atoms with E-state index in [2.05, 4.69) is 11.9 Å². The summed E-state index contributed by atoms with van der Waals surface area (Å²) in [6.45, 7) is 4.30. The van der Waals surface area contributed by atoms with Gasteiger partial charge in [0.1, 0.15) is 0 Å². The van der Waals surface area contributed by atoms with Crippen molar-refractivity contribution < 1.29 is 9.59 Å². The average molecular weight is 244 g/mol. The van der Waals surface area contributed by atoms with Crippen LogP contribution in [-0.4, -0.2) is 35.7 Å². The highest BCUT2D eigenvalue weighted by atomic mass is 16.2. The lowest BCUT2D eigenvalue weighted by Crippen LogP contribution is -2.50. The maximum absolute atomic E-state index is 12.1. The summed E-state index contributed by atoms with van der Waals surface area (Å²) in [5, 5.41) is 2.91. The Hall–Kier alpha value is -2.10. The van der Waals surface area contributed by atoms with E-state index in [0.29, 0.717) is 18.5 Å². The minimum atomic E-state index is -0.206. The number of Topliss-reactive ketones (excluding diaryl/α,β-unsaturated/α-hetero) is 1. The molecular weight excluding hydrogens is 228 g/mol. The maximum Gasteiger partial charge on any atom is 0.254 e. The second-order valence-corrected chi connectivity index (χ2v) is 4.27. The Bertz CT molecular complexity index is 456. The van der Waals surface area contributed by atoms with Crippen LogP contribution in [-0.2, 0) is 4.79 Å². The van der Waals surface area contributed by atoms with E-state index in [0.717, 1.165) is 0 Å². The smallest absolute Gasteiger partial charge is 0.254 e. The Morgan fingerprint density at radius 3 is 2.72 bits per heavy atom. The average Bonchev–Trinajstić information content (AvgIpc) is 2.41. The number of carbonyl (C=O) groups excluding carboxylic acids is 2. The van der Waals surface area contributed by atoms with Crippen LogP contribution in [0.2, 0.25) is 0 Å². The van der Waals surface area contributed by atoms with E-state index in [1.54, 1.807) is 17.0 Å². The fourth-order valence-electron chi connectivity index (χ4n) is 2.08. The molecule has 1 heterocycles. The highest BCUT2D eigenvalue weighted by molar-refractivity contribution is 5.98. The molecule has 0 aromatic heterocycles. The summed E-state index contributed by atoms with van der Waals surface area (Å²) in [6, 6.07) is 8.83. The van der Waals surface area contributed by atoms with E-state index in [1.165, 1.54) is 6.20 Å². The number of amides is 1. The van der Waals surface area contributed by atoms with Gasteiger partial charge in [0.25, 0.3) is 5.91 Å². The number of nitrogens with zero attached hydrogens (tertiary/aromatic N) is 1. The summed E-state index contributed by atoms with van der Waals surface area (Å²) >= 11 is 0. The minimum Gasteiger partial charge on any atom is -0.382 e. The zero-order chi connectivity index (χ0) is 13.0. The first-order valence-corrected chi connectivity index (χ1v) is 5.96. The first-order chi connectivity index (χ1) is 8.72. The molecule has 0 aliphatic carbocycles. The molecule has 0 saturated carbocycles. The van der Waals surface area contributed by atoms with Gasteiger partial charge in [0.2, 0.25) is 0 Å². The van der Waals surface area contributed by atoms with Crippen LogP contribution in [0, 0.1) is 0 Å². The molecule has 1 aliphatic heterocycles. The molecule has 94 valence electrons. The Morgan fingerprint density at radius 1 is 1.39 bits per heavy atom. The number of nitrogens with one attached hydrogen (secondary N) is 1. The maximum atomic E-state index is 12.1.